The Morgan fingerprint density at radius 3 is 2.77 bits per heavy atom. The van der Waals surface area contributed by atoms with E-state index in [1.165, 1.54) is 0 Å². The van der Waals surface area contributed by atoms with Gasteiger partial charge in [0.25, 0.3) is 5.91 Å². The zero-order chi connectivity index (χ0) is 15.7. The number of methoxy groups -OCH3 is 1. The maximum Gasteiger partial charge on any atom is 0.258 e. The summed E-state index contributed by atoms with van der Waals surface area (Å²) in [7, 11) is 1.60. The average Bonchev–Trinajstić information content (AvgIpc) is 2.55. The summed E-state index contributed by atoms with van der Waals surface area (Å²) in [6, 6.07) is 15.1. The lowest BCUT2D eigenvalue weighted by molar-refractivity contribution is 0.0973. The Bertz CT molecular complexity index is 699. The molecular weight excluding hydrogens is 276 g/mol. The molecule has 2 aromatic carbocycles. The minimum absolute atomic E-state index is 0.0225. The molecule has 1 amide bonds. The van der Waals surface area contributed by atoms with Gasteiger partial charge in [-0.05, 0) is 43.2 Å². The van der Waals surface area contributed by atoms with Gasteiger partial charge in [-0.3, -0.25) is 4.79 Å². The van der Waals surface area contributed by atoms with E-state index in [0.29, 0.717) is 11.3 Å². The molecule has 2 N–H and O–H groups in total. The number of nitrogens with two attached hydrogens (primary N) is 1. The van der Waals surface area contributed by atoms with Crippen LogP contribution in [0.2, 0.25) is 0 Å². The molecule has 0 aromatic heterocycles. The number of amides is 1. The number of hydrogen-bond acceptors (Lipinski definition) is 3. The van der Waals surface area contributed by atoms with E-state index in [0.717, 1.165) is 17.7 Å². The number of nitrogens with zero attached hydrogens (tertiary/aromatic N) is 1. The number of benzene rings is 2. The van der Waals surface area contributed by atoms with Crippen LogP contribution in [-0.2, 0) is 0 Å². The topological polar surface area (TPSA) is 55.6 Å². The Kier molecular flexibility index (Phi) is 3.86. The fourth-order valence-electron chi connectivity index (χ4n) is 3.06. The summed E-state index contributed by atoms with van der Waals surface area (Å²) in [6.07, 6.45) is 0.757. The van der Waals surface area contributed by atoms with Gasteiger partial charge in [0.15, 0.2) is 0 Å². The first-order valence-corrected chi connectivity index (χ1v) is 7.44. The first kappa shape index (κ1) is 14.6. The average molecular weight is 296 g/mol. The van der Waals surface area contributed by atoms with Crippen molar-refractivity contribution in [2.75, 3.05) is 12.0 Å². The van der Waals surface area contributed by atoms with Gasteiger partial charge in [0.05, 0.1) is 7.11 Å². The van der Waals surface area contributed by atoms with Gasteiger partial charge in [-0.2, -0.15) is 0 Å². The Hall–Kier alpha value is -2.33. The highest BCUT2D eigenvalue weighted by Gasteiger charge is 2.32. The molecule has 4 heteroatoms. The summed E-state index contributed by atoms with van der Waals surface area (Å²) < 4.78 is 5.21. The van der Waals surface area contributed by atoms with Gasteiger partial charge in [-0.15, -0.1) is 0 Å². The van der Waals surface area contributed by atoms with Crippen LogP contribution in [-0.4, -0.2) is 19.1 Å². The molecule has 1 heterocycles. The molecule has 2 atom stereocenters. The summed E-state index contributed by atoms with van der Waals surface area (Å²) >= 11 is 0. The Balaban J connectivity index is 2.03. The van der Waals surface area contributed by atoms with E-state index in [4.69, 9.17) is 10.5 Å². The number of hydrogen-bond donors (Lipinski definition) is 1. The van der Waals surface area contributed by atoms with Crippen LogP contribution in [0.1, 0.15) is 35.3 Å². The van der Waals surface area contributed by atoms with Crippen LogP contribution in [0.15, 0.2) is 48.5 Å². The fraction of sp³-hybridized carbons (Fsp3) is 0.278. The Morgan fingerprint density at radius 1 is 1.23 bits per heavy atom. The molecular formula is C18H20N2O2. The second kappa shape index (κ2) is 5.81. The molecule has 3 rings (SSSR count). The first-order chi connectivity index (χ1) is 10.6. The fourth-order valence-corrected chi connectivity index (χ4v) is 3.06. The molecule has 0 fully saturated rings. The van der Waals surface area contributed by atoms with Gasteiger partial charge < -0.3 is 15.4 Å². The molecule has 1 aliphatic heterocycles. The van der Waals surface area contributed by atoms with Crippen molar-refractivity contribution in [2.45, 2.75) is 25.4 Å². The van der Waals surface area contributed by atoms with E-state index < -0.39 is 0 Å². The highest BCUT2D eigenvalue weighted by atomic mass is 16.5. The highest BCUT2D eigenvalue weighted by molar-refractivity contribution is 6.07. The van der Waals surface area contributed by atoms with E-state index in [1.54, 1.807) is 13.2 Å². The maximum absolute atomic E-state index is 13.0. The van der Waals surface area contributed by atoms with Crippen molar-refractivity contribution in [1.82, 2.24) is 0 Å². The molecule has 22 heavy (non-hydrogen) atoms. The zero-order valence-electron chi connectivity index (χ0n) is 12.8. The summed E-state index contributed by atoms with van der Waals surface area (Å²) in [5.41, 5.74) is 8.78. The van der Waals surface area contributed by atoms with Crippen molar-refractivity contribution in [2.24, 2.45) is 5.73 Å². The summed E-state index contributed by atoms with van der Waals surface area (Å²) in [5.74, 6) is 0.659. The van der Waals surface area contributed by atoms with E-state index >= 15 is 0 Å². The minimum atomic E-state index is -0.0273. The number of ether oxygens (including phenoxy) is 1. The van der Waals surface area contributed by atoms with Crippen LogP contribution < -0.4 is 15.4 Å². The Labute approximate surface area is 130 Å². The van der Waals surface area contributed by atoms with Crippen molar-refractivity contribution < 1.29 is 9.53 Å². The van der Waals surface area contributed by atoms with Gasteiger partial charge in [0.2, 0.25) is 0 Å². The number of rotatable bonds is 2. The molecule has 0 bridgehead atoms. The molecule has 0 saturated heterocycles. The molecule has 2 aromatic rings. The lowest BCUT2D eigenvalue weighted by Gasteiger charge is -2.38. The van der Waals surface area contributed by atoms with Crippen molar-refractivity contribution in [3.63, 3.8) is 0 Å². The number of anilines is 1. The van der Waals surface area contributed by atoms with Crippen LogP contribution in [0.4, 0.5) is 5.69 Å². The predicted octanol–water partition coefficient (Wildman–Crippen LogP) is 3.13. The lowest BCUT2D eigenvalue weighted by atomic mass is 9.92. The standard InChI is InChI=1S/C18H20N2O2/c1-12-10-16(19)15-8-3-4-9-17(15)20(12)18(21)13-6-5-7-14(11-13)22-2/h3-9,11-12,16H,10,19H2,1-2H3. The molecule has 0 aliphatic carbocycles. The summed E-state index contributed by atoms with van der Waals surface area (Å²) in [6.45, 7) is 2.04. The molecule has 0 saturated carbocycles. The maximum atomic E-state index is 13.0. The molecule has 2 unspecified atom stereocenters. The second-order valence-corrected chi connectivity index (χ2v) is 5.66. The van der Waals surface area contributed by atoms with E-state index in [9.17, 15) is 4.79 Å². The highest BCUT2D eigenvalue weighted by Crippen LogP contribution is 2.36. The van der Waals surface area contributed by atoms with E-state index in [2.05, 4.69) is 0 Å². The Morgan fingerprint density at radius 2 is 2.00 bits per heavy atom. The third kappa shape index (κ3) is 2.46. The lowest BCUT2D eigenvalue weighted by Crippen LogP contribution is -2.44. The van der Waals surface area contributed by atoms with E-state index in [-0.39, 0.29) is 18.0 Å². The first-order valence-electron chi connectivity index (χ1n) is 7.44. The molecule has 4 nitrogen and oxygen atoms in total. The monoisotopic (exact) mass is 296 g/mol. The second-order valence-electron chi connectivity index (χ2n) is 5.66. The quantitative estimate of drug-likeness (QED) is 0.926. The largest absolute Gasteiger partial charge is 0.497 e. The normalized spacial score (nSPS) is 20.4. The SMILES string of the molecule is COc1cccc(C(=O)N2c3ccccc3C(N)CC2C)c1. The van der Waals surface area contributed by atoms with Crippen molar-refractivity contribution >= 4 is 11.6 Å². The predicted molar refractivity (Wildman–Crippen MR) is 87.3 cm³/mol. The van der Waals surface area contributed by atoms with Gasteiger partial charge in [-0.1, -0.05) is 24.3 Å². The number of para-hydroxylation sites is 1. The summed E-state index contributed by atoms with van der Waals surface area (Å²) in [5, 5.41) is 0. The van der Waals surface area contributed by atoms with E-state index in [1.807, 2.05) is 54.3 Å². The number of carbonyl (C=O) groups excluding carboxylic acids is 1. The molecule has 0 radical (unpaired) electrons. The minimum Gasteiger partial charge on any atom is -0.497 e. The summed E-state index contributed by atoms with van der Waals surface area (Å²) in [4.78, 5) is 14.8. The van der Waals surface area contributed by atoms with Crippen LogP contribution in [0, 0.1) is 0 Å². The molecule has 114 valence electrons. The number of fused-ring (bicyclic) bond motifs is 1. The third-order valence-corrected chi connectivity index (χ3v) is 4.17. The van der Waals surface area contributed by atoms with Crippen LogP contribution in [0.25, 0.3) is 0 Å². The van der Waals surface area contributed by atoms with Crippen molar-refractivity contribution in [3.05, 3.63) is 59.7 Å². The van der Waals surface area contributed by atoms with Gasteiger partial charge in [0, 0.05) is 23.3 Å². The van der Waals surface area contributed by atoms with Crippen molar-refractivity contribution in [3.8, 4) is 5.75 Å². The molecule has 1 aliphatic rings. The van der Waals surface area contributed by atoms with Gasteiger partial charge in [0.1, 0.15) is 5.75 Å². The third-order valence-electron chi connectivity index (χ3n) is 4.17. The number of carbonyl (C=O) groups is 1. The van der Waals surface area contributed by atoms with Gasteiger partial charge >= 0.3 is 0 Å². The van der Waals surface area contributed by atoms with Crippen LogP contribution in [0.5, 0.6) is 5.75 Å². The van der Waals surface area contributed by atoms with Crippen molar-refractivity contribution in [1.29, 1.82) is 0 Å². The molecule has 0 spiro atoms. The smallest absolute Gasteiger partial charge is 0.258 e. The van der Waals surface area contributed by atoms with Gasteiger partial charge in [-0.25, -0.2) is 0 Å². The van der Waals surface area contributed by atoms with Crippen LogP contribution >= 0.6 is 0 Å². The van der Waals surface area contributed by atoms with Crippen LogP contribution in [0.3, 0.4) is 0 Å². The zero-order valence-corrected chi connectivity index (χ0v) is 12.8.